The van der Waals surface area contributed by atoms with Crippen molar-refractivity contribution < 1.29 is 9.53 Å². The lowest BCUT2D eigenvalue weighted by Crippen LogP contribution is -2.28. The van der Waals surface area contributed by atoms with Gasteiger partial charge in [0.05, 0.1) is 6.61 Å². The van der Waals surface area contributed by atoms with Crippen LogP contribution in [0.1, 0.15) is 26.7 Å². The lowest BCUT2D eigenvalue weighted by Gasteiger charge is -2.19. The van der Waals surface area contributed by atoms with Gasteiger partial charge in [-0.1, -0.05) is 40.2 Å². The van der Waals surface area contributed by atoms with Crippen molar-refractivity contribution >= 4 is 21.9 Å². The first-order valence-electron chi connectivity index (χ1n) is 6.74. The molecule has 0 N–H and O–H groups in total. The first-order chi connectivity index (χ1) is 9.17. The molecule has 1 heterocycles. The van der Waals surface area contributed by atoms with Gasteiger partial charge in [0.1, 0.15) is 0 Å². The number of rotatable bonds is 6. The Morgan fingerprint density at radius 3 is 2.95 bits per heavy atom. The monoisotopic (exact) mass is 327 g/mol. The molecule has 0 saturated carbocycles. The predicted octanol–water partition coefficient (Wildman–Crippen LogP) is 3.43. The highest BCUT2D eigenvalue weighted by Gasteiger charge is 2.20. The topological polar surface area (TPSA) is 29.5 Å². The summed E-state index contributed by atoms with van der Waals surface area (Å²) in [5.74, 6) is -0.249. The molecule has 1 aliphatic heterocycles. The minimum absolute atomic E-state index is 0.249. The highest BCUT2D eigenvalue weighted by atomic mass is 79.9. The summed E-state index contributed by atoms with van der Waals surface area (Å²) in [4.78, 5) is 13.7. The van der Waals surface area contributed by atoms with E-state index in [9.17, 15) is 4.79 Å². The van der Waals surface area contributed by atoms with Crippen molar-refractivity contribution in [3.63, 3.8) is 0 Å². The van der Waals surface area contributed by atoms with Gasteiger partial charge in [-0.3, -0.25) is 4.90 Å². The minimum Gasteiger partial charge on any atom is -0.463 e. The second kappa shape index (κ2) is 9.10. The lowest BCUT2D eigenvalue weighted by atomic mass is 10.2. The summed E-state index contributed by atoms with van der Waals surface area (Å²) >= 11 is 3.45. The van der Waals surface area contributed by atoms with Crippen molar-refractivity contribution in [2.24, 2.45) is 0 Å². The number of hydrogen-bond acceptors (Lipinski definition) is 3. The van der Waals surface area contributed by atoms with Crippen LogP contribution >= 0.6 is 15.9 Å². The van der Waals surface area contributed by atoms with Crippen molar-refractivity contribution in [1.29, 1.82) is 0 Å². The molecule has 0 aromatic carbocycles. The van der Waals surface area contributed by atoms with Crippen molar-refractivity contribution in [3.05, 3.63) is 34.9 Å². The van der Waals surface area contributed by atoms with Gasteiger partial charge in [-0.15, -0.1) is 0 Å². The maximum atomic E-state index is 11.3. The SMILES string of the molecule is C/C=C(Br)/C=C/CN1CCC[C@H]1/C=C/C(=O)OCC. The van der Waals surface area contributed by atoms with Crippen LogP contribution in [0, 0.1) is 0 Å². The Morgan fingerprint density at radius 1 is 1.47 bits per heavy atom. The van der Waals surface area contributed by atoms with Crippen LogP contribution < -0.4 is 0 Å². The van der Waals surface area contributed by atoms with E-state index in [4.69, 9.17) is 4.74 Å². The Labute approximate surface area is 124 Å². The van der Waals surface area contributed by atoms with E-state index in [1.54, 1.807) is 6.08 Å². The number of carbonyl (C=O) groups is 1. The molecule has 0 aromatic heterocycles. The highest BCUT2D eigenvalue weighted by molar-refractivity contribution is 9.11. The molecule has 0 aliphatic carbocycles. The third-order valence-electron chi connectivity index (χ3n) is 3.05. The molecule has 1 rings (SSSR count). The summed E-state index contributed by atoms with van der Waals surface area (Å²) in [5.41, 5.74) is 0. The van der Waals surface area contributed by atoms with Gasteiger partial charge in [0.25, 0.3) is 0 Å². The van der Waals surface area contributed by atoms with E-state index in [-0.39, 0.29) is 5.97 Å². The van der Waals surface area contributed by atoms with E-state index >= 15 is 0 Å². The van der Waals surface area contributed by atoms with Crippen molar-refractivity contribution in [2.45, 2.75) is 32.7 Å². The number of nitrogens with zero attached hydrogens (tertiary/aromatic N) is 1. The van der Waals surface area contributed by atoms with Gasteiger partial charge in [-0.05, 0) is 33.2 Å². The number of carbonyl (C=O) groups excluding carboxylic acids is 1. The summed E-state index contributed by atoms with van der Waals surface area (Å²) in [6.45, 7) is 6.22. The second-order valence-corrected chi connectivity index (χ2v) is 5.31. The van der Waals surface area contributed by atoms with Crippen LogP contribution in [-0.2, 0) is 9.53 Å². The zero-order valence-electron chi connectivity index (χ0n) is 11.6. The molecule has 1 saturated heterocycles. The van der Waals surface area contributed by atoms with Gasteiger partial charge < -0.3 is 4.74 Å². The first-order valence-corrected chi connectivity index (χ1v) is 7.54. The number of ether oxygens (including phenoxy) is 1. The smallest absolute Gasteiger partial charge is 0.330 e. The number of hydrogen-bond donors (Lipinski definition) is 0. The fourth-order valence-electron chi connectivity index (χ4n) is 2.07. The molecule has 1 aliphatic rings. The number of halogens is 1. The lowest BCUT2D eigenvalue weighted by molar-refractivity contribution is -0.137. The Hall–Kier alpha value is -0.870. The van der Waals surface area contributed by atoms with Crippen LogP contribution in [0.3, 0.4) is 0 Å². The third kappa shape index (κ3) is 6.21. The van der Waals surface area contributed by atoms with Crippen LogP contribution in [-0.4, -0.2) is 36.6 Å². The van der Waals surface area contributed by atoms with E-state index in [1.165, 1.54) is 6.42 Å². The molecule has 0 bridgehead atoms. The molecular formula is C15H22BrNO2. The number of likely N-dealkylation sites (tertiary alicyclic amines) is 1. The Kier molecular flexibility index (Phi) is 7.75. The average molecular weight is 328 g/mol. The predicted molar refractivity (Wildman–Crippen MR) is 82.2 cm³/mol. The van der Waals surface area contributed by atoms with Crippen LogP contribution in [0.4, 0.5) is 0 Å². The quantitative estimate of drug-likeness (QED) is 0.425. The van der Waals surface area contributed by atoms with Gasteiger partial charge in [-0.2, -0.15) is 0 Å². The summed E-state index contributed by atoms with van der Waals surface area (Å²) in [6.07, 6.45) is 12.0. The summed E-state index contributed by atoms with van der Waals surface area (Å²) in [6, 6.07) is 0.346. The molecule has 0 aromatic rings. The van der Waals surface area contributed by atoms with Gasteiger partial charge >= 0.3 is 5.97 Å². The second-order valence-electron chi connectivity index (χ2n) is 4.39. The van der Waals surface area contributed by atoms with Crippen molar-refractivity contribution in [2.75, 3.05) is 19.7 Å². The maximum absolute atomic E-state index is 11.3. The number of allylic oxidation sites excluding steroid dienone is 3. The summed E-state index contributed by atoms with van der Waals surface area (Å²) < 4.78 is 5.98. The molecule has 0 amide bonds. The Morgan fingerprint density at radius 2 is 2.26 bits per heavy atom. The van der Waals surface area contributed by atoms with E-state index in [1.807, 2.05) is 26.0 Å². The molecule has 3 nitrogen and oxygen atoms in total. The van der Waals surface area contributed by atoms with Gasteiger partial charge in [0, 0.05) is 23.1 Å². The molecule has 0 unspecified atom stereocenters. The van der Waals surface area contributed by atoms with E-state index < -0.39 is 0 Å². The number of esters is 1. The van der Waals surface area contributed by atoms with Gasteiger partial charge in [0.2, 0.25) is 0 Å². The zero-order valence-corrected chi connectivity index (χ0v) is 13.2. The maximum Gasteiger partial charge on any atom is 0.330 e. The van der Waals surface area contributed by atoms with Crippen LogP contribution in [0.2, 0.25) is 0 Å². The van der Waals surface area contributed by atoms with Crippen LogP contribution in [0.15, 0.2) is 34.9 Å². The highest BCUT2D eigenvalue weighted by Crippen LogP contribution is 2.18. The molecule has 106 valence electrons. The van der Waals surface area contributed by atoms with Crippen molar-refractivity contribution in [3.8, 4) is 0 Å². The summed E-state index contributed by atoms with van der Waals surface area (Å²) in [5, 5.41) is 0. The van der Waals surface area contributed by atoms with Crippen LogP contribution in [0.5, 0.6) is 0 Å². The molecule has 1 fully saturated rings. The van der Waals surface area contributed by atoms with Gasteiger partial charge in [0.15, 0.2) is 0 Å². The third-order valence-corrected chi connectivity index (χ3v) is 3.77. The van der Waals surface area contributed by atoms with Gasteiger partial charge in [-0.25, -0.2) is 4.79 Å². The van der Waals surface area contributed by atoms with E-state index in [0.717, 1.165) is 24.0 Å². The normalized spacial score (nSPS) is 21.6. The Balaban J connectivity index is 2.45. The van der Waals surface area contributed by atoms with Crippen molar-refractivity contribution in [1.82, 2.24) is 4.90 Å². The fraction of sp³-hybridized carbons (Fsp3) is 0.533. The zero-order chi connectivity index (χ0) is 14.1. The molecule has 0 radical (unpaired) electrons. The molecular weight excluding hydrogens is 306 g/mol. The fourth-order valence-corrected chi connectivity index (χ4v) is 2.26. The molecule has 4 heteroatoms. The van der Waals surface area contributed by atoms with Crippen LogP contribution in [0.25, 0.3) is 0 Å². The minimum atomic E-state index is -0.249. The largest absolute Gasteiger partial charge is 0.463 e. The molecule has 1 atom stereocenters. The average Bonchev–Trinajstić information content (AvgIpc) is 2.84. The van der Waals surface area contributed by atoms with E-state index in [0.29, 0.717) is 12.6 Å². The first kappa shape index (κ1) is 16.2. The molecule has 19 heavy (non-hydrogen) atoms. The molecule has 0 spiro atoms. The van der Waals surface area contributed by atoms with E-state index in [2.05, 4.69) is 33.0 Å². The summed E-state index contributed by atoms with van der Waals surface area (Å²) in [7, 11) is 0. The Bertz CT molecular complexity index is 374. The standard InChI is InChI=1S/C15H22BrNO2/c1-3-13(16)7-5-11-17-12-6-8-14(17)9-10-15(18)19-4-2/h3,5,7,9-10,14H,4,6,8,11-12H2,1-2H3/b7-5+,10-9+,13-3-/t14-/m0/s1.